The normalized spacial score (nSPS) is 17.9. The molecular weight excluding hydrogens is 378 g/mol. The molecule has 0 aliphatic carbocycles. The van der Waals surface area contributed by atoms with E-state index in [-0.39, 0.29) is 12.1 Å². The van der Waals surface area contributed by atoms with Gasteiger partial charge in [0.1, 0.15) is 12.6 Å². The molecule has 0 fully saturated rings. The Hall–Kier alpha value is -1.44. The number of ether oxygens (including phenoxy) is 2. The fourth-order valence-corrected chi connectivity index (χ4v) is 3.82. The van der Waals surface area contributed by atoms with Crippen LogP contribution in [0.2, 0.25) is 0 Å². The molecular formula is C21H33NO5S. The summed E-state index contributed by atoms with van der Waals surface area (Å²) in [5.74, 6) is 0.652. The molecule has 1 aliphatic heterocycles. The van der Waals surface area contributed by atoms with E-state index in [2.05, 4.69) is 11.9 Å². The molecule has 0 amide bonds. The standard InChI is InChI=1S/C21H33NO5S/c1-3-4-5-6-10-13-20(27-28(2,23)24)14-15-25-16-19-17-26-21(22-19)18-11-8-7-9-12-18/h7-9,11-12,19-20H,3-6,10,13-17H2,1-2H3/t19-,20-/m1/s1. The third-order valence-electron chi connectivity index (χ3n) is 4.57. The predicted octanol–water partition coefficient (Wildman–Crippen LogP) is 3.94. The molecule has 2 atom stereocenters. The van der Waals surface area contributed by atoms with Crippen molar-refractivity contribution in [2.45, 2.75) is 64.0 Å². The van der Waals surface area contributed by atoms with Crippen LogP contribution in [0.15, 0.2) is 35.3 Å². The molecule has 1 aromatic carbocycles. The number of hydrogen-bond donors (Lipinski definition) is 0. The first kappa shape index (κ1) is 22.8. The van der Waals surface area contributed by atoms with E-state index in [1.807, 2.05) is 30.3 Å². The molecule has 0 bridgehead atoms. The van der Waals surface area contributed by atoms with Gasteiger partial charge in [-0.3, -0.25) is 4.18 Å². The Morgan fingerprint density at radius 3 is 2.61 bits per heavy atom. The second-order valence-electron chi connectivity index (χ2n) is 7.25. The first-order valence-corrected chi connectivity index (χ1v) is 12.0. The second kappa shape index (κ2) is 12.2. The van der Waals surface area contributed by atoms with Crippen LogP contribution in [-0.2, 0) is 23.8 Å². The summed E-state index contributed by atoms with van der Waals surface area (Å²) in [5.41, 5.74) is 0.967. The van der Waals surface area contributed by atoms with E-state index >= 15 is 0 Å². The van der Waals surface area contributed by atoms with E-state index in [9.17, 15) is 8.42 Å². The summed E-state index contributed by atoms with van der Waals surface area (Å²) in [5, 5.41) is 0. The van der Waals surface area contributed by atoms with Crippen molar-refractivity contribution in [1.82, 2.24) is 0 Å². The van der Waals surface area contributed by atoms with Gasteiger partial charge in [0.05, 0.1) is 19.0 Å². The van der Waals surface area contributed by atoms with Crippen molar-refractivity contribution in [2.75, 3.05) is 26.1 Å². The van der Waals surface area contributed by atoms with Crippen LogP contribution in [0.4, 0.5) is 0 Å². The van der Waals surface area contributed by atoms with Crippen molar-refractivity contribution in [2.24, 2.45) is 4.99 Å². The average molecular weight is 412 g/mol. The third-order valence-corrected chi connectivity index (χ3v) is 5.19. The van der Waals surface area contributed by atoms with Crippen LogP contribution in [0.5, 0.6) is 0 Å². The Labute approximate surface area is 169 Å². The number of unbranched alkanes of at least 4 members (excludes halogenated alkanes) is 4. The lowest BCUT2D eigenvalue weighted by molar-refractivity contribution is 0.0789. The number of hydrogen-bond acceptors (Lipinski definition) is 6. The van der Waals surface area contributed by atoms with Gasteiger partial charge in [-0.25, -0.2) is 4.99 Å². The average Bonchev–Trinajstić information content (AvgIpc) is 3.13. The highest BCUT2D eigenvalue weighted by molar-refractivity contribution is 7.86. The third kappa shape index (κ3) is 9.17. The van der Waals surface area contributed by atoms with E-state index in [4.69, 9.17) is 13.7 Å². The Morgan fingerprint density at radius 1 is 1.14 bits per heavy atom. The van der Waals surface area contributed by atoms with Gasteiger partial charge in [-0.15, -0.1) is 0 Å². The molecule has 6 nitrogen and oxygen atoms in total. The van der Waals surface area contributed by atoms with Gasteiger partial charge in [0, 0.05) is 12.2 Å². The van der Waals surface area contributed by atoms with E-state index < -0.39 is 10.1 Å². The van der Waals surface area contributed by atoms with Gasteiger partial charge < -0.3 is 9.47 Å². The van der Waals surface area contributed by atoms with Gasteiger partial charge >= 0.3 is 0 Å². The van der Waals surface area contributed by atoms with Crippen molar-refractivity contribution in [3.05, 3.63) is 35.9 Å². The van der Waals surface area contributed by atoms with Crippen LogP contribution in [0.1, 0.15) is 57.4 Å². The summed E-state index contributed by atoms with van der Waals surface area (Å²) in [6.07, 6.45) is 7.75. The van der Waals surface area contributed by atoms with Crippen LogP contribution in [0, 0.1) is 0 Å². The molecule has 7 heteroatoms. The Morgan fingerprint density at radius 2 is 1.89 bits per heavy atom. The Kier molecular flexibility index (Phi) is 9.95. The Balaban J connectivity index is 1.70. The van der Waals surface area contributed by atoms with Crippen molar-refractivity contribution >= 4 is 16.0 Å². The second-order valence-corrected chi connectivity index (χ2v) is 8.85. The van der Waals surface area contributed by atoms with E-state index in [0.29, 0.717) is 32.1 Å². The summed E-state index contributed by atoms with van der Waals surface area (Å²) < 4.78 is 39.6. The van der Waals surface area contributed by atoms with Gasteiger partial charge in [-0.2, -0.15) is 8.42 Å². The zero-order valence-electron chi connectivity index (χ0n) is 17.0. The van der Waals surface area contributed by atoms with Crippen molar-refractivity contribution < 1.29 is 22.1 Å². The fourth-order valence-electron chi connectivity index (χ4n) is 3.14. The SMILES string of the molecule is CCCCCCC[C@H](CCOC[C@@H]1COC(c2ccccc2)=N1)OS(C)(=O)=O. The minimum atomic E-state index is -3.46. The van der Waals surface area contributed by atoms with Gasteiger partial charge in [-0.05, 0) is 25.0 Å². The lowest BCUT2D eigenvalue weighted by Gasteiger charge is -2.16. The predicted molar refractivity (Wildman–Crippen MR) is 111 cm³/mol. The molecule has 0 N–H and O–H groups in total. The molecule has 0 aromatic heterocycles. The number of nitrogens with zero attached hydrogens (tertiary/aromatic N) is 1. The highest BCUT2D eigenvalue weighted by Crippen LogP contribution is 2.15. The van der Waals surface area contributed by atoms with Crippen LogP contribution in [-0.4, -0.2) is 52.5 Å². The van der Waals surface area contributed by atoms with Gasteiger partial charge in [0.2, 0.25) is 5.90 Å². The van der Waals surface area contributed by atoms with Gasteiger partial charge in [0.15, 0.2) is 0 Å². The van der Waals surface area contributed by atoms with E-state index in [1.165, 1.54) is 19.3 Å². The Bertz CT molecular complexity index is 690. The molecule has 1 aromatic rings. The van der Waals surface area contributed by atoms with Gasteiger partial charge in [-0.1, -0.05) is 57.2 Å². The summed E-state index contributed by atoms with van der Waals surface area (Å²) >= 11 is 0. The van der Waals surface area contributed by atoms with E-state index in [0.717, 1.165) is 31.1 Å². The zero-order chi connectivity index (χ0) is 20.2. The molecule has 158 valence electrons. The van der Waals surface area contributed by atoms with Crippen LogP contribution >= 0.6 is 0 Å². The first-order valence-electron chi connectivity index (χ1n) is 10.2. The fraction of sp³-hybridized carbons (Fsp3) is 0.667. The van der Waals surface area contributed by atoms with Crippen LogP contribution in [0.25, 0.3) is 0 Å². The maximum atomic E-state index is 11.5. The monoisotopic (exact) mass is 411 g/mol. The highest BCUT2D eigenvalue weighted by Gasteiger charge is 2.21. The maximum absolute atomic E-state index is 11.5. The summed E-state index contributed by atoms with van der Waals surface area (Å²) in [4.78, 5) is 4.55. The summed E-state index contributed by atoms with van der Waals surface area (Å²) in [7, 11) is -3.46. The zero-order valence-corrected chi connectivity index (χ0v) is 17.8. The largest absolute Gasteiger partial charge is 0.475 e. The summed E-state index contributed by atoms with van der Waals surface area (Å²) in [6, 6.07) is 9.77. The van der Waals surface area contributed by atoms with Crippen LogP contribution in [0.3, 0.4) is 0 Å². The molecule has 0 radical (unpaired) electrons. The molecule has 0 spiro atoms. The smallest absolute Gasteiger partial charge is 0.264 e. The van der Waals surface area contributed by atoms with Crippen molar-refractivity contribution in [3.63, 3.8) is 0 Å². The lowest BCUT2D eigenvalue weighted by Crippen LogP contribution is -2.21. The molecule has 1 aliphatic rings. The summed E-state index contributed by atoms with van der Waals surface area (Å²) in [6.45, 7) is 3.58. The van der Waals surface area contributed by atoms with Crippen LogP contribution < -0.4 is 0 Å². The molecule has 0 unspecified atom stereocenters. The lowest BCUT2D eigenvalue weighted by atomic mass is 10.1. The number of aliphatic imine (C=N–C) groups is 1. The molecule has 0 saturated carbocycles. The topological polar surface area (TPSA) is 74.2 Å². The molecule has 2 rings (SSSR count). The quantitative estimate of drug-likeness (QED) is 0.342. The van der Waals surface area contributed by atoms with Crippen molar-refractivity contribution in [3.8, 4) is 0 Å². The first-order chi connectivity index (χ1) is 13.5. The molecule has 1 heterocycles. The molecule has 0 saturated heterocycles. The van der Waals surface area contributed by atoms with Crippen molar-refractivity contribution in [1.29, 1.82) is 0 Å². The van der Waals surface area contributed by atoms with Gasteiger partial charge in [0.25, 0.3) is 10.1 Å². The molecule has 28 heavy (non-hydrogen) atoms. The number of benzene rings is 1. The maximum Gasteiger partial charge on any atom is 0.264 e. The number of rotatable bonds is 14. The minimum absolute atomic E-state index is 0.0291. The minimum Gasteiger partial charge on any atom is -0.475 e. The van der Waals surface area contributed by atoms with E-state index in [1.54, 1.807) is 0 Å². The highest BCUT2D eigenvalue weighted by atomic mass is 32.2.